The van der Waals surface area contributed by atoms with Crippen LogP contribution in [0.25, 0.3) is 0 Å². The van der Waals surface area contributed by atoms with E-state index in [0.717, 1.165) is 0 Å². The van der Waals surface area contributed by atoms with Gasteiger partial charge in [0.15, 0.2) is 0 Å². The summed E-state index contributed by atoms with van der Waals surface area (Å²) in [6.45, 7) is 3.19. The molecule has 1 heterocycles. The van der Waals surface area contributed by atoms with Crippen molar-refractivity contribution < 1.29 is 9.53 Å². The number of hydrogen-bond donors (Lipinski definition) is 1. The van der Waals surface area contributed by atoms with E-state index in [0.29, 0.717) is 24.4 Å². The summed E-state index contributed by atoms with van der Waals surface area (Å²) in [7, 11) is 3.28. The lowest BCUT2D eigenvalue weighted by atomic mass is 10.1. The molecule has 94 valence electrons. The predicted molar refractivity (Wildman–Crippen MR) is 66.0 cm³/mol. The summed E-state index contributed by atoms with van der Waals surface area (Å²) < 4.78 is 5.11. The van der Waals surface area contributed by atoms with E-state index in [1.54, 1.807) is 24.2 Å². The molecule has 5 nitrogen and oxygen atoms in total. The van der Waals surface area contributed by atoms with Crippen LogP contribution < -0.4 is 10.5 Å². The van der Waals surface area contributed by atoms with Gasteiger partial charge in [0.25, 0.3) is 5.91 Å². The molecule has 1 amide bonds. The largest absolute Gasteiger partial charge is 0.494 e. The van der Waals surface area contributed by atoms with Crippen LogP contribution in [-0.2, 0) is 0 Å². The predicted octanol–water partition coefficient (Wildman–Crippen LogP) is 0.757. The summed E-state index contributed by atoms with van der Waals surface area (Å²) in [6, 6.07) is 1.66. The molecule has 0 bridgehead atoms. The molecule has 1 aromatic heterocycles. The molecular formula is C12H19N3O2. The summed E-state index contributed by atoms with van der Waals surface area (Å²) in [6.07, 6.45) is 3.11. The Balaban J connectivity index is 2.81. The van der Waals surface area contributed by atoms with Gasteiger partial charge >= 0.3 is 0 Å². The maximum atomic E-state index is 12.2. The van der Waals surface area contributed by atoms with Gasteiger partial charge in [-0.05, 0) is 18.5 Å². The second-order valence-corrected chi connectivity index (χ2v) is 4.10. The van der Waals surface area contributed by atoms with Crippen molar-refractivity contribution in [3.8, 4) is 5.75 Å². The third-order valence-corrected chi connectivity index (χ3v) is 2.57. The molecule has 0 aliphatic carbocycles. The number of amides is 1. The molecule has 1 aromatic rings. The summed E-state index contributed by atoms with van der Waals surface area (Å²) >= 11 is 0. The second kappa shape index (κ2) is 6.20. The normalized spacial score (nSPS) is 12.0. The van der Waals surface area contributed by atoms with E-state index in [1.807, 2.05) is 6.92 Å². The highest BCUT2D eigenvalue weighted by Crippen LogP contribution is 2.17. The monoisotopic (exact) mass is 237 g/mol. The third-order valence-electron chi connectivity index (χ3n) is 2.57. The van der Waals surface area contributed by atoms with Crippen LogP contribution in [-0.4, -0.2) is 43.0 Å². The molecule has 0 saturated carbocycles. The van der Waals surface area contributed by atoms with E-state index in [-0.39, 0.29) is 11.8 Å². The minimum atomic E-state index is -0.0791. The summed E-state index contributed by atoms with van der Waals surface area (Å²) in [4.78, 5) is 17.7. The molecule has 2 N–H and O–H groups in total. The molecule has 0 aliphatic rings. The van der Waals surface area contributed by atoms with Gasteiger partial charge in [-0.25, -0.2) is 0 Å². The number of pyridine rings is 1. The number of carbonyl (C=O) groups excluding carboxylic acids is 1. The Morgan fingerprint density at radius 2 is 2.35 bits per heavy atom. The highest BCUT2D eigenvalue weighted by atomic mass is 16.5. The molecule has 1 rings (SSSR count). The van der Waals surface area contributed by atoms with Crippen LogP contribution in [0.15, 0.2) is 18.5 Å². The number of ether oxygens (including phenoxy) is 1. The van der Waals surface area contributed by atoms with E-state index >= 15 is 0 Å². The third kappa shape index (κ3) is 3.42. The Labute approximate surface area is 102 Å². The number of methoxy groups -OCH3 is 1. The van der Waals surface area contributed by atoms with Gasteiger partial charge in [-0.15, -0.1) is 0 Å². The maximum Gasteiger partial charge on any atom is 0.257 e. The van der Waals surface area contributed by atoms with Crippen molar-refractivity contribution in [1.82, 2.24) is 9.88 Å². The highest BCUT2D eigenvalue weighted by Gasteiger charge is 2.17. The van der Waals surface area contributed by atoms with Crippen molar-refractivity contribution in [3.63, 3.8) is 0 Å². The van der Waals surface area contributed by atoms with E-state index in [9.17, 15) is 4.79 Å². The number of rotatable bonds is 5. The van der Waals surface area contributed by atoms with E-state index < -0.39 is 0 Å². The lowest BCUT2D eigenvalue weighted by Gasteiger charge is -2.21. The van der Waals surface area contributed by atoms with Gasteiger partial charge < -0.3 is 15.4 Å². The van der Waals surface area contributed by atoms with Gasteiger partial charge in [-0.3, -0.25) is 9.78 Å². The van der Waals surface area contributed by atoms with Crippen LogP contribution in [0.5, 0.6) is 5.75 Å². The zero-order valence-corrected chi connectivity index (χ0v) is 10.5. The van der Waals surface area contributed by atoms with Gasteiger partial charge in [0.2, 0.25) is 0 Å². The van der Waals surface area contributed by atoms with Gasteiger partial charge in [0.05, 0.1) is 18.9 Å². The van der Waals surface area contributed by atoms with E-state index in [1.165, 1.54) is 13.3 Å². The van der Waals surface area contributed by atoms with Crippen molar-refractivity contribution in [2.24, 2.45) is 11.7 Å². The van der Waals surface area contributed by atoms with E-state index in [2.05, 4.69) is 4.98 Å². The van der Waals surface area contributed by atoms with Crippen molar-refractivity contribution in [2.45, 2.75) is 6.92 Å². The molecule has 0 aliphatic heterocycles. The first-order valence-electron chi connectivity index (χ1n) is 5.53. The van der Waals surface area contributed by atoms with Crippen molar-refractivity contribution in [3.05, 3.63) is 24.0 Å². The maximum absolute atomic E-state index is 12.2. The molecular weight excluding hydrogens is 218 g/mol. The Morgan fingerprint density at radius 3 is 2.94 bits per heavy atom. The Hall–Kier alpha value is -1.62. The Morgan fingerprint density at radius 1 is 1.65 bits per heavy atom. The van der Waals surface area contributed by atoms with Crippen molar-refractivity contribution in [1.29, 1.82) is 0 Å². The van der Waals surface area contributed by atoms with Crippen LogP contribution in [0.3, 0.4) is 0 Å². The van der Waals surface area contributed by atoms with Gasteiger partial charge in [-0.2, -0.15) is 0 Å². The molecule has 17 heavy (non-hydrogen) atoms. The summed E-state index contributed by atoms with van der Waals surface area (Å²) in [5.41, 5.74) is 6.07. The topological polar surface area (TPSA) is 68.5 Å². The second-order valence-electron chi connectivity index (χ2n) is 4.10. The lowest BCUT2D eigenvalue weighted by molar-refractivity contribution is 0.0774. The van der Waals surface area contributed by atoms with Crippen LogP contribution in [0.1, 0.15) is 17.3 Å². The number of hydrogen-bond acceptors (Lipinski definition) is 4. The first kappa shape index (κ1) is 13.4. The van der Waals surface area contributed by atoms with E-state index in [4.69, 9.17) is 10.5 Å². The van der Waals surface area contributed by atoms with Gasteiger partial charge in [0.1, 0.15) is 5.75 Å². The lowest BCUT2D eigenvalue weighted by Crippen LogP contribution is -2.33. The average molecular weight is 237 g/mol. The first-order chi connectivity index (χ1) is 8.10. The molecule has 0 fully saturated rings. The SMILES string of the molecule is COc1cnccc1C(=O)N(C)CC(C)CN. The summed E-state index contributed by atoms with van der Waals surface area (Å²) in [5, 5.41) is 0. The van der Waals surface area contributed by atoms with Crippen LogP contribution in [0.4, 0.5) is 0 Å². The zero-order chi connectivity index (χ0) is 12.8. The minimum absolute atomic E-state index is 0.0791. The van der Waals surface area contributed by atoms with Crippen LogP contribution in [0, 0.1) is 5.92 Å². The van der Waals surface area contributed by atoms with Crippen molar-refractivity contribution >= 4 is 5.91 Å². The Kier molecular flexibility index (Phi) is 4.90. The fourth-order valence-electron chi connectivity index (χ4n) is 1.55. The fraction of sp³-hybridized carbons (Fsp3) is 0.500. The Bertz CT molecular complexity index is 382. The quantitative estimate of drug-likeness (QED) is 0.820. The zero-order valence-electron chi connectivity index (χ0n) is 10.5. The first-order valence-corrected chi connectivity index (χ1v) is 5.53. The van der Waals surface area contributed by atoms with Crippen LogP contribution in [0.2, 0.25) is 0 Å². The smallest absolute Gasteiger partial charge is 0.257 e. The molecule has 0 saturated heterocycles. The minimum Gasteiger partial charge on any atom is -0.494 e. The van der Waals surface area contributed by atoms with Gasteiger partial charge in [0, 0.05) is 19.8 Å². The van der Waals surface area contributed by atoms with Crippen LogP contribution >= 0.6 is 0 Å². The molecule has 5 heteroatoms. The molecule has 1 atom stereocenters. The fourth-order valence-corrected chi connectivity index (χ4v) is 1.55. The summed E-state index contributed by atoms with van der Waals surface area (Å²) in [5.74, 6) is 0.686. The highest BCUT2D eigenvalue weighted by molar-refractivity contribution is 5.96. The number of carbonyl (C=O) groups is 1. The number of nitrogens with zero attached hydrogens (tertiary/aromatic N) is 2. The molecule has 0 spiro atoms. The standard InChI is InChI=1S/C12H19N3O2/c1-9(6-13)8-15(2)12(16)10-4-5-14-7-11(10)17-3/h4-5,7,9H,6,8,13H2,1-3H3. The number of aromatic nitrogens is 1. The number of nitrogens with two attached hydrogens (primary N) is 1. The van der Waals surface area contributed by atoms with Gasteiger partial charge in [-0.1, -0.05) is 6.92 Å². The van der Waals surface area contributed by atoms with Crippen molar-refractivity contribution in [2.75, 3.05) is 27.2 Å². The molecule has 1 unspecified atom stereocenters. The molecule has 0 aromatic carbocycles. The average Bonchev–Trinajstić information content (AvgIpc) is 2.37. The molecule has 0 radical (unpaired) electrons.